The van der Waals surface area contributed by atoms with Crippen molar-refractivity contribution in [3.63, 3.8) is 0 Å². The highest BCUT2D eigenvalue weighted by Gasteiger charge is 2.19. The molecule has 3 aromatic carbocycles. The van der Waals surface area contributed by atoms with Crippen molar-refractivity contribution in [3.05, 3.63) is 82.5 Å². The maximum atomic E-state index is 9.60. The summed E-state index contributed by atoms with van der Waals surface area (Å²) in [7, 11) is 0. The quantitative estimate of drug-likeness (QED) is 0.324. The highest BCUT2D eigenvalue weighted by Crippen LogP contribution is 2.41. The lowest BCUT2D eigenvalue weighted by Crippen LogP contribution is -2.43. The Balaban J connectivity index is 1.66. The van der Waals surface area contributed by atoms with Crippen molar-refractivity contribution in [2.45, 2.75) is 39.3 Å². The fraction of sp³-hybridized carbons (Fsp3) is 0.276. The first kappa shape index (κ1) is 22.9. The van der Waals surface area contributed by atoms with Crippen LogP contribution in [0.4, 0.5) is 0 Å². The lowest BCUT2D eigenvalue weighted by atomic mass is 9.97. The van der Waals surface area contributed by atoms with Gasteiger partial charge in [0.2, 0.25) is 0 Å². The second-order valence-corrected chi connectivity index (χ2v) is 9.57. The van der Waals surface area contributed by atoms with E-state index >= 15 is 0 Å². The number of fused-ring (bicyclic) bond motifs is 1. The molecular weight excluding hydrogens is 444 g/mol. The molecule has 5 heteroatoms. The molecule has 0 spiro atoms. The van der Waals surface area contributed by atoms with Crippen LogP contribution < -0.4 is 10.1 Å². The van der Waals surface area contributed by atoms with Crippen molar-refractivity contribution in [3.8, 4) is 28.0 Å². The highest BCUT2D eigenvalue weighted by molar-refractivity contribution is 6.34. The molecule has 2 heterocycles. The third kappa shape index (κ3) is 4.67. The number of benzene rings is 3. The molecule has 0 amide bonds. The third-order valence-electron chi connectivity index (χ3n) is 6.50. The summed E-state index contributed by atoms with van der Waals surface area (Å²) in [6.45, 7) is 5.93. The second-order valence-electron chi connectivity index (χ2n) is 9.16. The van der Waals surface area contributed by atoms with E-state index < -0.39 is 0 Å². The van der Waals surface area contributed by atoms with E-state index in [0.29, 0.717) is 17.7 Å². The van der Waals surface area contributed by atoms with Crippen LogP contribution in [-0.4, -0.2) is 29.3 Å². The molecule has 0 radical (unpaired) electrons. The van der Waals surface area contributed by atoms with E-state index in [1.165, 1.54) is 17.5 Å². The van der Waals surface area contributed by atoms with Crippen LogP contribution in [0.5, 0.6) is 5.75 Å². The molecule has 0 bridgehead atoms. The van der Waals surface area contributed by atoms with Gasteiger partial charge in [-0.2, -0.15) is 0 Å². The first-order chi connectivity index (χ1) is 16.5. The van der Waals surface area contributed by atoms with Crippen LogP contribution in [0.25, 0.3) is 33.2 Å². The number of aliphatic hydroxyl groups is 1. The van der Waals surface area contributed by atoms with Crippen LogP contribution in [0, 0.1) is 13.8 Å². The fourth-order valence-electron chi connectivity index (χ4n) is 4.64. The molecule has 1 aromatic heterocycles. The van der Waals surface area contributed by atoms with Gasteiger partial charge in [0.1, 0.15) is 5.75 Å². The van der Waals surface area contributed by atoms with E-state index in [2.05, 4.69) is 43.4 Å². The second kappa shape index (κ2) is 9.75. The van der Waals surface area contributed by atoms with Crippen molar-refractivity contribution in [2.75, 3.05) is 13.2 Å². The number of aromatic nitrogens is 1. The molecule has 4 nitrogen and oxygen atoms in total. The average Bonchev–Trinajstić information content (AvgIpc) is 2.79. The molecule has 0 saturated carbocycles. The fourth-order valence-corrected chi connectivity index (χ4v) is 4.90. The molecule has 1 aliphatic heterocycles. The zero-order valence-electron chi connectivity index (χ0n) is 19.6. The molecule has 0 aliphatic carbocycles. The van der Waals surface area contributed by atoms with Crippen LogP contribution in [0.2, 0.25) is 5.02 Å². The number of aliphatic hydroxyl groups excluding tert-OH is 1. The predicted molar refractivity (Wildman–Crippen MR) is 140 cm³/mol. The van der Waals surface area contributed by atoms with Crippen LogP contribution >= 0.6 is 11.6 Å². The van der Waals surface area contributed by atoms with Gasteiger partial charge in [0.25, 0.3) is 0 Å². The number of pyridine rings is 1. The molecule has 1 saturated heterocycles. The van der Waals surface area contributed by atoms with Crippen LogP contribution in [-0.2, 0) is 6.61 Å². The van der Waals surface area contributed by atoms with Crippen LogP contribution in [0.15, 0.2) is 60.8 Å². The summed E-state index contributed by atoms with van der Waals surface area (Å²) in [4.78, 5) is 4.76. The summed E-state index contributed by atoms with van der Waals surface area (Å²) in [5.74, 6) is 0.838. The van der Waals surface area contributed by atoms with Gasteiger partial charge in [-0.1, -0.05) is 59.1 Å². The van der Waals surface area contributed by atoms with Gasteiger partial charge in [-0.05, 0) is 68.1 Å². The van der Waals surface area contributed by atoms with Crippen molar-refractivity contribution in [1.29, 1.82) is 0 Å². The molecular formula is C29H29ClN2O2. The number of rotatable bonds is 7. The zero-order chi connectivity index (χ0) is 23.7. The number of nitrogens with one attached hydrogen (secondary N) is 1. The molecule has 1 unspecified atom stereocenters. The topological polar surface area (TPSA) is 54.4 Å². The number of hydrogen-bond donors (Lipinski definition) is 2. The molecule has 1 aliphatic rings. The summed E-state index contributed by atoms with van der Waals surface area (Å²) >= 11 is 6.70. The van der Waals surface area contributed by atoms with Gasteiger partial charge in [-0.15, -0.1) is 0 Å². The zero-order valence-corrected chi connectivity index (χ0v) is 20.3. The Morgan fingerprint density at radius 3 is 2.53 bits per heavy atom. The Kier molecular flexibility index (Phi) is 6.55. The smallest absolute Gasteiger partial charge is 0.138 e. The summed E-state index contributed by atoms with van der Waals surface area (Å²) in [6, 6.07) is 18.9. The molecule has 2 N–H and O–H groups in total. The molecule has 5 rings (SSSR count). The largest absolute Gasteiger partial charge is 0.492 e. The molecule has 1 fully saturated rings. The first-order valence-corrected chi connectivity index (χ1v) is 12.2. The maximum absolute atomic E-state index is 9.60. The Bertz CT molecular complexity index is 1330. The monoisotopic (exact) mass is 472 g/mol. The number of ether oxygens (including phenoxy) is 1. The third-order valence-corrected chi connectivity index (χ3v) is 6.81. The van der Waals surface area contributed by atoms with Crippen molar-refractivity contribution in [1.82, 2.24) is 10.3 Å². The van der Waals surface area contributed by atoms with Crippen molar-refractivity contribution < 1.29 is 9.84 Å². The van der Waals surface area contributed by atoms with E-state index in [1.54, 1.807) is 0 Å². The highest BCUT2D eigenvalue weighted by atomic mass is 35.5. The Morgan fingerprint density at radius 2 is 1.82 bits per heavy atom. The lowest BCUT2D eigenvalue weighted by Gasteiger charge is -2.27. The maximum Gasteiger partial charge on any atom is 0.138 e. The van der Waals surface area contributed by atoms with Gasteiger partial charge in [-0.3, -0.25) is 4.98 Å². The lowest BCUT2D eigenvalue weighted by molar-refractivity contribution is 0.255. The van der Waals surface area contributed by atoms with Gasteiger partial charge in [0, 0.05) is 28.8 Å². The Hall–Kier alpha value is -2.92. The number of halogens is 1. The number of aryl methyl sites for hydroxylation is 2. The van der Waals surface area contributed by atoms with E-state index in [0.717, 1.165) is 57.4 Å². The first-order valence-electron chi connectivity index (χ1n) is 11.8. The summed E-state index contributed by atoms with van der Waals surface area (Å²) in [5.41, 5.74) is 8.00. The minimum atomic E-state index is -0.0129. The van der Waals surface area contributed by atoms with Crippen molar-refractivity contribution in [2.24, 2.45) is 0 Å². The molecule has 174 valence electrons. The molecule has 34 heavy (non-hydrogen) atoms. The summed E-state index contributed by atoms with van der Waals surface area (Å²) in [6.07, 6.45) is 4.07. The summed E-state index contributed by atoms with van der Waals surface area (Å²) < 4.78 is 6.50. The van der Waals surface area contributed by atoms with E-state index in [9.17, 15) is 5.11 Å². The number of nitrogens with zero attached hydrogens (tertiary/aromatic N) is 1. The van der Waals surface area contributed by atoms with Gasteiger partial charge < -0.3 is 15.2 Å². The van der Waals surface area contributed by atoms with E-state index in [4.69, 9.17) is 21.3 Å². The van der Waals surface area contributed by atoms with E-state index in [1.807, 2.05) is 36.5 Å². The summed E-state index contributed by atoms with van der Waals surface area (Å²) in [5, 5.41) is 14.6. The predicted octanol–water partition coefficient (Wildman–Crippen LogP) is 6.46. The van der Waals surface area contributed by atoms with Gasteiger partial charge in [-0.25, -0.2) is 0 Å². The minimum Gasteiger partial charge on any atom is -0.492 e. The SMILES string of the molecule is Cc1cc(C)cc(-c2cnc3cc(Cl)c(-c4cccc(CO)c4)cc3c2OCCC2CCN2)c1. The Labute approximate surface area is 205 Å². The Morgan fingerprint density at radius 1 is 1.03 bits per heavy atom. The van der Waals surface area contributed by atoms with Crippen molar-refractivity contribution >= 4 is 22.5 Å². The van der Waals surface area contributed by atoms with Crippen LogP contribution in [0.3, 0.4) is 0 Å². The average molecular weight is 473 g/mol. The minimum absolute atomic E-state index is 0.0129. The van der Waals surface area contributed by atoms with Gasteiger partial charge in [0.15, 0.2) is 0 Å². The van der Waals surface area contributed by atoms with Gasteiger partial charge in [0.05, 0.1) is 23.8 Å². The molecule has 4 aromatic rings. The van der Waals surface area contributed by atoms with E-state index in [-0.39, 0.29) is 6.61 Å². The number of hydrogen-bond acceptors (Lipinski definition) is 4. The normalized spacial score (nSPS) is 15.4. The van der Waals surface area contributed by atoms with Gasteiger partial charge >= 0.3 is 0 Å². The van der Waals surface area contributed by atoms with Crippen LogP contribution in [0.1, 0.15) is 29.5 Å². The standard InChI is InChI=1S/C29H29ClN2O2/c1-18-10-19(2)12-22(11-18)26-16-32-28-15-27(30)24(21-5-3-4-20(13-21)17-33)14-25(28)29(26)34-9-7-23-6-8-31-23/h3-5,10-16,23,31,33H,6-9,17H2,1-2H3. The molecule has 1 atom stereocenters.